The van der Waals surface area contributed by atoms with Gasteiger partial charge in [-0.3, -0.25) is 5.10 Å². The van der Waals surface area contributed by atoms with Crippen molar-refractivity contribution in [3.05, 3.63) is 89.6 Å². The predicted octanol–water partition coefficient (Wildman–Crippen LogP) is 5.53. The molecule has 2 aromatic carbocycles. The Hall–Kier alpha value is -3.18. The van der Waals surface area contributed by atoms with Gasteiger partial charge in [0.15, 0.2) is 5.76 Å². The van der Waals surface area contributed by atoms with Crippen LogP contribution in [0.3, 0.4) is 0 Å². The van der Waals surface area contributed by atoms with Gasteiger partial charge < -0.3 is 9.73 Å². The van der Waals surface area contributed by atoms with E-state index in [1.807, 2.05) is 30.5 Å². The highest BCUT2D eigenvalue weighted by Gasteiger charge is 2.23. The Labute approximate surface area is 169 Å². The number of hydrogen-bond donors (Lipinski definition) is 2. The second-order valence-electron chi connectivity index (χ2n) is 7.12. The molecule has 2 heterocycles. The summed E-state index contributed by atoms with van der Waals surface area (Å²) in [5.41, 5.74) is 6.49. The van der Waals surface area contributed by atoms with Crippen molar-refractivity contribution in [2.75, 3.05) is 13.1 Å². The highest BCUT2D eigenvalue weighted by Crippen LogP contribution is 2.35. The molecule has 0 radical (unpaired) electrons. The number of rotatable bonds is 7. The van der Waals surface area contributed by atoms with Crippen molar-refractivity contribution in [3.63, 3.8) is 0 Å². The molecule has 1 atom stereocenters. The minimum atomic E-state index is -0.224. The van der Waals surface area contributed by atoms with Crippen molar-refractivity contribution < 1.29 is 8.81 Å². The summed E-state index contributed by atoms with van der Waals surface area (Å²) in [6, 6.07) is 16.8. The van der Waals surface area contributed by atoms with Crippen molar-refractivity contribution >= 4 is 0 Å². The first kappa shape index (κ1) is 19.2. The van der Waals surface area contributed by atoms with Crippen LogP contribution in [0.15, 0.2) is 71.5 Å². The SMILES string of the molecule is CCNCC(c1ccc(-c2ccc(F)cc2)cc1C)c1cn[nH]c1-c1ccco1. The van der Waals surface area contributed by atoms with E-state index >= 15 is 0 Å². The maximum absolute atomic E-state index is 13.3. The summed E-state index contributed by atoms with van der Waals surface area (Å²) in [7, 11) is 0. The van der Waals surface area contributed by atoms with Crippen LogP contribution in [0.4, 0.5) is 4.39 Å². The van der Waals surface area contributed by atoms with Crippen LogP contribution in [-0.2, 0) is 0 Å². The number of benzene rings is 2. The van der Waals surface area contributed by atoms with E-state index in [2.05, 4.69) is 47.6 Å². The topological polar surface area (TPSA) is 53.9 Å². The fraction of sp³-hybridized carbons (Fsp3) is 0.208. The number of nitrogens with one attached hydrogen (secondary N) is 2. The predicted molar refractivity (Wildman–Crippen MR) is 113 cm³/mol. The zero-order chi connectivity index (χ0) is 20.2. The molecule has 0 spiro atoms. The molecule has 0 saturated heterocycles. The van der Waals surface area contributed by atoms with Crippen molar-refractivity contribution in [2.45, 2.75) is 19.8 Å². The lowest BCUT2D eigenvalue weighted by Gasteiger charge is -2.21. The molecule has 4 rings (SSSR count). The summed E-state index contributed by atoms with van der Waals surface area (Å²) < 4.78 is 18.9. The molecule has 1 unspecified atom stereocenters. The fourth-order valence-electron chi connectivity index (χ4n) is 3.74. The molecule has 0 amide bonds. The molecule has 0 bridgehead atoms. The lowest BCUT2D eigenvalue weighted by Crippen LogP contribution is -2.22. The molecule has 29 heavy (non-hydrogen) atoms. The summed E-state index contributed by atoms with van der Waals surface area (Å²) in [5.74, 6) is 0.675. The van der Waals surface area contributed by atoms with Gasteiger partial charge in [-0.15, -0.1) is 0 Å². The summed E-state index contributed by atoms with van der Waals surface area (Å²) in [5, 5.41) is 10.9. The fourth-order valence-corrected chi connectivity index (χ4v) is 3.74. The Morgan fingerprint density at radius 2 is 1.86 bits per heavy atom. The Bertz CT molecular complexity index is 1070. The average molecular weight is 389 g/mol. The van der Waals surface area contributed by atoms with E-state index < -0.39 is 0 Å². The molecule has 0 aliphatic rings. The molecule has 2 N–H and O–H groups in total. The number of aromatic nitrogens is 2. The largest absolute Gasteiger partial charge is 0.463 e. The first-order chi connectivity index (χ1) is 14.2. The van der Waals surface area contributed by atoms with E-state index in [-0.39, 0.29) is 11.7 Å². The molecular weight excluding hydrogens is 365 g/mol. The van der Waals surface area contributed by atoms with E-state index in [1.54, 1.807) is 6.26 Å². The number of furan rings is 1. The van der Waals surface area contributed by atoms with Crippen molar-refractivity contribution in [1.29, 1.82) is 0 Å². The van der Waals surface area contributed by atoms with Crippen LogP contribution in [0, 0.1) is 12.7 Å². The van der Waals surface area contributed by atoms with E-state index in [1.165, 1.54) is 23.3 Å². The van der Waals surface area contributed by atoms with Crippen LogP contribution in [-0.4, -0.2) is 23.3 Å². The van der Waals surface area contributed by atoms with Crippen molar-refractivity contribution in [3.8, 4) is 22.6 Å². The summed E-state index contributed by atoms with van der Waals surface area (Å²) >= 11 is 0. The number of hydrogen-bond acceptors (Lipinski definition) is 3. The van der Waals surface area contributed by atoms with Gasteiger partial charge in [0.1, 0.15) is 11.5 Å². The third-order valence-corrected chi connectivity index (χ3v) is 5.23. The Morgan fingerprint density at radius 3 is 2.55 bits per heavy atom. The molecular formula is C24H24FN3O. The Kier molecular flexibility index (Phi) is 5.58. The van der Waals surface area contributed by atoms with Gasteiger partial charge >= 0.3 is 0 Å². The maximum Gasteiger partial charge on any atom is 0.151 e. The van der Waals surface area contributed by atoms with Gasteiger partial charge in [-0.25, -0.2) is 4.39 Å². The molecule has 0 aliphatic carbocycles. The molecule has 4 nitrogen and oxygen atoms in total. The first-order valence-electron chi connectivity index (χ1n) is 9.81. The summed E-state index contributed by atoms with van der Waals surface area (Å²) in [4.78, 5) is 0. The Morgan fingerprint density at radius 1 is 1.07 bits per heavy atom. The summed E-state index contributed by atoms with van der Waals surface area (Å²) in [6.45, 7) is 5.90. The van der Waals surface area contributed by atoms with Gasteiger partial charge in [0.2, 0.25) is 0 Å². The standard InChI is InChI=1S/C24H24FN3O/c1-3-26-14-21(22-15-27-28-24(22)23-5-4-12-29-23)20-11-8-18(13-16(20)2)17-6-9-19(25)10-7-17/h4-13,15,21,26H,3,14H2,1-2H3,(H,27,28). The lowest BCUT2D eigenvalue weighted by atomic mass is 9.86. The number of aromatic amines is 1. The third kappa shape index (κ3) is 4.00. The zero-order valence-corrected chi connectivity index (χ0v) is 16.6. The molecule has 2 aromatic heterocycles. The number of likely N-dealkylation sites (N-methyl/N-ethyl adjacent to an activating group) is 1. The molecule has 5 heteroatoms. The number of halogens is 1. The Balaban J connectivity index is 1.73. The molecule has 0 fully saturated rings. The smallest absolute Gasteiger partial charge is 0.151 e. The average Bonchev–Trinajstić information content (AvgIpc) is 3.41. The minimum Gasteiger partial charge on any atom is -0.463 e. The highest BCUT2D eigenvalue weighted by atomic mass is 19.1. The zero-order valence-electron chi connectivity index (χ0n) is 16.6. The normalized spacial score (nSPS) is 12.2. The second-order valence-corrected chi connectivity index (χ2v) is 7.12. The molecule has 4 aromatic rings. The van der Waals surface area contributed by atoms with Gasteiger partial charge in [0.05, 0.1) is 12.5 Å². The number of aryl methyl sites for hydroxylation is 1. The van der Waals surface area contributed by atoms with Crippen LogP contribution in [0.5, 0.6) is 0 Å². The molecule has 0 saturated carbocycles. The van der Waals surface area contributed by atoms with Crippen LogP contribution in [0.1, 0.15) is 29.5 Å². The highest BCUT2D eigenvalue weighted by molar-refractivity contribution is 5.66. The third-order valence-electron chi connectivity index (χ3n) is 5.23. The second kappa shape index (κ2) is 8.45. The van der Waals surface area contributed by atoms with Gasteiger partial charge in [-0.1, -0.05) is 37.3 Å². The van der Waals surface area contributed by atoms with Crippen LogP contribution >= 0.6 is 0 Å². The van der Waals surface area contributed by atoms with E-state index in [9.17, 15) is 4.39 Å². The summed E-state index contributed by atoms with van der Waals surface area (Å²) in [6.07, 6.45) is 3.55. The lowest BCUT2D eigenvalue weighted by molar-refractivity contribution is 0.577. The van der Waals surface area contributed by atoms with Crippen molar-refractivity contribution in [2.24, 2.45) is 0 Å². The quantitative estimate of drug-likeness (QED) is 0.437. The van der Waals surface area contributed by atoms with Crippen molar-refractivity contribution in [1.82, 2.24) is 15.5 Å². The van der Waals surface area contributed by atoms with Gasteiger partial charge in [-0.05, 0) is 60.0 Å². The maximum atomic E-state index is 13.3. The minimum absolute atomic E-state index is 0.121. The molecule has 0 aliphatic heterocycles. The van der Waals surface area contributed by atoms with Crippen LogP contribution < -0.4 is 5.32 Å². The first-order valence-corrected chi connectivity index (χ1v) is 9.81. The van der Waals surface area contributed by atoms with Gasteiger partial charge in [0.25, 0.3) is 0 Å². The van der Waals surface area contributed by atoms with E-state index in [4.69, 9.17) is 4.42 Å². The monoisotopic (exact) mass is 389 g/mol. The van der Waals surface area contributed by atoms with Crippen LogP contribution in [0.2, 0.25) is 0 Å². The number of H-pyrrole nitrogens is 1. The van der Waals surface area contributed by atoms with E-state index in [0.29, 0.717) is 0 Å². The molecule has 148 valence electrons. The number of nitrogens with zero attached hydrogens (tertiary/aromatic N) is 1. The van der Waals surface area contributed by atoms with E-state index in [0.717, 1.165) is 41.2 Å². The van der Waals surface area contributed by atoms with Crippen LogP contribution in [0.25, 0.3) is 22.6 Å². The van der Waals surface area contributed by atoms with Gasteiger partial charge in [0, 0.05) is 18.0 Å². The van der Waals surface area contributed by atoms with Gasteiger partial charge in [-0.2, -0.15) is 5.10 Å².